The van der Waals surface area contributed by atoms with Gasteiger partial charge in [-0.3, -0.25) is 0 Å². The minimum absolute atomic E-state index is 0.00426. The standard InChI is InChI=1S/C22H27N5O4S2/c1-15-6-4-7-19(16(15)2)20-14-21(27-22(23)26-20)24-12-5-13-25-33(30,31)18-10-8-17(9-11-18)32(3,28)29/h4,6-11,14,25H,5,12-13H2,1-3H3,(H3,23,24,26,27). The van der Waals surface area contributed by atoms with Gasteiger partial charge in [-0.1, -0.05) is 18.2 Å². The summed E-state index contributed by atoms with van der Waals surface area (Å²) in [5, 5.41) is 3.15. The first-order chi connectivity index (χ1) is 15.5. The van der Waals surface area contributed by atoms with E-state index in [1.807, 2.05) is 38.1 Å². The van der Waals surface area contributed by atoms with Gasteiger partial charge in [0.05, 0.1) is 15.5 Å². The normalized spacial score (nSPS) is 12.0. The molecular weight excluding hydrogens is 462 g/mol. The molecule has 0 bridgehead atoms. The first-order valence-electron chi connectivity index (χ1n) is 10.2. The highest BCUT2D eigenvalue weighted by molar-refractivity contribution is 7.90. The van der Waals surface area contributed by atoms with E-state index >= 15 is 0 Å². The Labute approximate surface area is 194 Å². The van der Waals surface area contributed by atoms with E-state index < -0.39 is 19.9 Å². The van der Waals surface area contributed by atoms with Crippen LogP contribution in [-0.4, -0.2) is 46.1 Å². The van der Waals surface area contributed by atoms with Crippen molar-refractivity contribution in [3.63, 3.8) is 0 Å². The van der Waals surface area contributed by atoms with Crippen LogP contribution in [0.1, 0.15) is 17.5 Å². The van der Waals surface area contributed by atoms with Crippen LogP contribution in [0.5, 0.6) is 0 Å². The number of sulfonamides is 1. The van der Waals surface area contributed by atoms with Gasteiger partial charge in [0.2, 0.25) is 16.0 Å². The van der Waals surface area contributed by atoms with Gasteiger partial charge in [-0.15, -0.1) is 0 Å². The molecule has 9 nitrogen and oxygen atoms in total. The van der Waals surface area contributed by atoms with Crippen LogP contribution in [0.15, 0.2) is 58.3 Å². The number of sulfone groups is 1. The fraction of sp³-hybridized carbons (Fsp3) is 0.273. The number of hydrogen-bond acceptors (Lipinski definition) is 8. The van der Waals surface area contributed by atoms with Crippen LogP contribution in [-0.2, 0) is 19.9 Å². The van der Waals surface area contributed by atoms with E-state index in [4.69, 9.17) is 5.73 Å². The summed E-state index contributed by atoms with van der Waals surface area (Å²) in [6.07, 6.45) is 1.56. The molecule has 0 saturated carbocycles. The summed E-state index contributed by atoms with van der Waals surface area (Å²) in [7, 11) is -7.13. The Bertz CT molecular complexity index is 1360. The van der Waals surface area contributed by atoms with Crippen molar-refractivity contribution in [1.82, 2.24) is 14.7 Å². The Balaban J connectivity index is 1.58. The topological polar surface area (TPSA) is 144 Å². The van der Waals surface area contributed by atoms with Crippen LogP contribution in [0, 0.1) is 13.8 Å². The van der Waals surface area contributed by atoms with Crippen molar-refractivity contribution >= 4 is 31.6 Å². The van der Waals surface area contributed by atoms with Crippen molar-refractivity contribution in [3.05, 3.63) is 59.7 Å². The summed E-state index contributed by atoms with van der Waals surface area (Å²) < 4.78 is 50.4. The molecule has 3 aromatic rings. The SMILES string of the molecule is Cc1cccc(-c2cc(NCCCNS(=O)(=O)c3ccc(S(C)(=O)=O)cc3)nc(N)n2)c1C. The number of nitrogens with zero attached hydrogens (tertiary/aromatic N) is 2. The summed E-state index contributed by atoms with van der Waals surface area (Å²) in [6.45, 7) is 4.70. The van der Waals surface area contributed by atoms with E-state index in [2.05, 4.69) is 20.0 Å². The quantitative estimate of drug-likeness (QED) is 0.389. The molecule has 0 fully saturated rings. The summed E-state index contributed by atoms with van der Waals surface area (Å²) in [5.41, 5.74) is 9.83. The van der Waals surface area contributed by atoms with Crippen molar-refractivity contribution in [2.75, 3.05) is 30.4 Å². The molecule has 0 spiro atoms. The second kappa shape index (κ2) is 9.86. The Morgan fingerprint density at radius 3 is 2.24 bits per heavy atom. The molecule has 2 aromatic carbocycles. The van der Waals surface area contributed by atoms with Crippen LogP contribution >= 0.6 is 0 Å². The Hall–Kier alpha value is -3.02. The van der Waals surface area contributed by atoms with Gasteiger partial charge in [-0.25, -0.2) is 26.5 Å². The molecule has 1 heterocycles. The van der Waals surface area contributed by atoms with Crippen molar-refractivity contribution in [1.29, 1.82) is 0 Å². The van der Waals surface area contributed by atoms with Crippen LogP contribution in [0.25, 0.3) is 11.3 Å². The summed E-state index contributed by atoms with van der Waals surface area (Å²) in [4.78, 5) is 8.61. The largest absolute Gasteiger partial charge is 0.370 e. The lowest BCUT2D eigenvalue weighted by Crippen LogP contribution is -2.26. The third-order valence-corrected chi connectivity index (χ3v) is 7.74. The summed E-state index contributed by atoms with van der Waals surface area (Å²) in [6, 6.07) is 12.9. The van der Waals surface area contributed by atoms with Gasteiger partial charge < -0.3 is 11.1 Å². The minimum atomic E-state index is -3.74. The Morgan fingerprint density at radius 2 is 1.58 bits per heavy atom. The van der Waals surface area contributed by atoms with Gasteiger partial charge in [0.25, 0.3) is 0 Å². The molecule has 33 heavy (non-hydrogen) atoms. The van der Waals surface area contributed by atoms with Crippen LogP contribution in [0.2, 0.25) is 0 Å². The third kappa shape index (κ3) is 6.28. The van der Waals surface area contributed by atoms with Crippen LogP contribution in [0.4, 0.5) is 11.8 Å². The van der Waals surface area contributed by atoms with E-state index in [1.165, 1.54) is 24.3 Å². The van der Waals surface area contributed by atoms with Crippen molar-refractivity contribution < 1.29 is 16.8 Å². The number of nitrogens with two attached hydrogens (primary N) is 1. The predicted molar refractivity (Wildman–Crippen MR) is 129 cm³/mol. The molecule has 3 rings (SSSR count). The molecule has 176 valence electrons. The van der Waals surface area contributed by atoms with Gasteiger partial charge >= 0.3 is 0 Å². The number of benzene rings is 2. The fourth-order valence-electron chi connectivity index (χ4n) is 3.18. The number of aromatic nitrogens is 2. The molecule has 1 aromatic heterocycles. The number of anilines is 2. The number of nitrogen functional groups attached to an aromatic ring is 1. The van der Waals surface area contributed by atoms with Crippen LogP contribution in [0.3, 0.4) is 0 Å². The highest BCUT2D eigenvalue weighted by Gasteiger charge is 2.15. The number of nitrogens with one attached hydrogen (secondary N) is 2. The molecular formula is C22H27N5O4S2. The first kappa shape index (κ1) is 24.6. The van der Waals surface area contributed by atoms with Crippen molar-refractivity contribution in [3.8, 4) is 11.3 Å². The molecule has 0 aliphatic heterocycles. The maximum absolute atomic E-state index is 12.4. The summed E-state index contributed by atoms with van der Waals surface area (Å²) >= 11 is 0. The third-order valence-electron chi connectivity index (χ3n) is 5.14. The molecule has 0 atom stereocenters. The van der Waals surface area contributed by atoms with E-state index in [9.17, 15) is 16.8 Å². The number of rotatable bonds is 9. The lowest BCUT2D eigenvalue weighted by Gasteiger charge is -2.12. The number of hydrogen-bond donors (Lipinski definition) is 3. The van der Waals surface area contributed by atoms with Gasteiger partial charge in [-0.05, 0) is 55.7 Å². The molecule has 11 heteroatoms. The maximum Gasteiger partial charge on any atom is 0.240 e. The van der Waals surface area contributed by atoms with Gasteiger partial charge in [-0.2, -0.15) is 4.98 Å². The van der Waals surface area contributed by atoms with Crippen molar-refractivity contribution in [2.24, 2.45) is 0 Å². The molecule has 0 aliphatic rings. The monoisotopic (exact) mass is 489 g/mol. The Morgan fingerprint density at radius 1 is 0.909 bits per heavy atom. The van der Waals surface area contributed by atoms with E-state index in [0.717, 1.165) is 22.9 Å². The fourth-order valence-corrected chi connectivity index (χ4v) is 4.89. The zero-order valence-corrected chi connectivity index (χ0v) is 20.3. The molecule has 0 radical (unpaired) electrons. The average Bonchev–Trinajstić information content (AvgIpc) is 2.74. The smallest absolute Gasteiger partial charge is 0.240 e. The van der Waals surface area contributed by atoms with E-state index in [-0.39, 0.29) is 22.3 Å². The lowest BCUT2D eigenvalue weighted by molar-refractivity contribution is 0.579. The van der Waals surface area contributed by atoms with E-state index in [1.54, 1.807) is 0 Å². The first-order valence-corrected chi connectivity index (χ1v) is 13.6. The maximum atomic E-state index is 12.4. The van der Waals surface area contributed by atoms with Crippen molar-refractivity contribution in [2.45, 2.75) is 30.1 Å². The van der Waals surface area contributed by atoms with Gasteiger partial charge in [0.1, 0.15) is 5.82 Å². The zero-order valence-electron chi connectivity index (χ0n) is 18.7. The Kier molecular flexibility index (Phi) is 7.35. The molecule has 0 saturated heterocycles. The second-order valence-corrected chi connectivity index (χ2v) is 11.4. The molecule has 4 N–H and O–H groups in total. The van der Waals surface area contributed by atoms with Gasteiger partial charge in [0.15, 0.2) is 9.84 Å². The molecule has 0 amide bonds. The number of aryl methyl sites for hydroxylation is 1. The minimum Gasteiger partial charge on any atom is -0.370 e. The highest BCUT2D eigenvalue weighted by atomic mass is 32.2. The highest BCUT2D eigenvalue weighted by Crippen LogP contribution is 2.26. The van der Waals surface area contributed by atoms with E-state index in [0.29, 0.717) is 24.5 Å². The molecule has 0 unspecified atom stereocenters. The zero-order chi connectivity index (χ0) is 24.2. The predicted octanol–water partition coefficient (Wildman–Crippen LogP) is 2.53. The lowest BCUT2D eigenvalue weighted by atomic mass is 10.0. The average molecular weight is 490 g/mol. The summed E-state index contributed by atoms with van der Waals surface area (Å²) in [5.74, 6) is 0.701. The second-order valence-electron chi connectivity index (χ2n) is 7.67. The van der Waals surface area contributed by atoms with Crippen LogP contribution < -0.4 is 15.8 Å². The van der Waals surface area contributed by atoms with Gasteiger partial charge in [0, 0.05) is 31.0 Å². The molecule has 0 aliphatic carbocycles.